The normalized spacial score (nSPS) is 12.6. The van der Waals surface area contributed by atoms with Crippen molar-refractivity contribution >= 4 is 15.9 Å². The predicted molar refractivity (Wildman–Crippen MR) is 66.1 cm³/mol. The zero-order chi connectivity index (χ0) is 12.3. The summed E-state index contributed by atoms with van der Waals surface area (Å²) in [5.41, 5.74) is 1.43. The Balaban J connectivity index is 2.43. The Morgan fingerprint density at radius 2 is 2.29 bits per heavy atom. The summed E-state index contributed by atoms with van der Waals surface area (Å²) < 4.78 is 19.5. The molecule has 2 heterocycles. The summed E-state index contributed by atoms with van der Waals surface area (Å²) in [7, 11) is 0. The number of nitrogens with one attached hydrogen (secondary N) is 1. The van der Waals surface area contributed by atoms with Gasteiger partial charge in [0.05, 0.1) is 18.5 Å². The predicted octanol–water partition coefficient (Wildman–Crippen LogP) is 3.28. The lowest BCUT2D eigenvalue weighted by Crippen LogP contribution is -2.23. The van der Waals surface area contributed by atoms with E-state index in [-0.39, 0.29) is 11.9 Å². The largest absolute Gasteiger partial charge is 0.457 e. The minimum absolute atomic E-state index is 0.240. The van der Waals surface area contributed by atoms with E-state index in [9.17, 15) is 4.39 Å². The van der Waals surface area contributed by atoms with E-state index in [2.05, 4.69) is 26.2 Å². The van der Waals surface area contributed by atoms with Crippen LogP contribution in [0.3, 0.4) is 0 Å². The van der Waals surface area contributed by atoms with Gasteiger partial charge in [-0.3, -0.25) is 4.98 Å². The molecule has 2 aromatic rings. The van der Waals surface area contributed by atoms with Gasteiger partial charge < -0.3 is 9.73 Å². The molecule has 0 bridgehead atoms. The van der Waals surface area contributed by atoms with Gasteiger partial charge in [-0.15, -0.1) is 0 Å². The van der Waals surface area contributed by atoms with Crippen molar-refractivity contribution in [2.24, 2.45) is 0 Å². The molecule has 0 saturated carbocycles. The van der Waals surface area contributed by atoms with Crippen molar-refractivity contribution in [2.45, 2.75) is 13.0 Å². The van der Waals surface area contributed by atoms with Gasteiger partial charge in [0.2, 0.25) is 0 Å². The van der Waals surface area contributed by atoms with Crippen LogP contribution >= 0.6 is 15.9 Å². The fourth-order valence-electron chi connectivity index (χ4n) is 1.72. The molecule has 17 heavy (non-hydrogen) atoms. The first kappa shape index (κ1) is 12.3. The fourth-order valence-corrected chi connectivity index (χ4v) is 2.19. The first-order valence-corrected chi connectivity index (χ1v) is 6.09. The highest BCUT2D eigenvalue weighted by Crippen LogP contribution is 2.30. The van der Waals surface area contributed by atoms with Crippen LogP contribution in [-0.4, -0.2) is 11.5 Å². The lowest BCUT2D eigenvalue weighted by Gasteiger charge is -2.17. The number of aromatic nitrogens is 1. The van der Waals surface area contributed by atoms with E-state index in [1.54, 1.807) is 18.5 Å². The average molecular weight is 299 g/mol. The topological polar surface area (TPSA) is 38.1 Å². The molecule has 5 heteroatoms. The summed E-state index contributed by atoms with van der Waals surface area (Å²) in [6.07, 6.45) is 4.37. The van der Waals surface area contributed by atoms with Crippen molar-refractivity contribution in [3.8, 4) is 0 Å². The monoisotopic (exact) mass is 298 g/mol. The van der Waals surface area contributed by atoms with Crippen LogP contribution in [0, 0.1) is 5.82 Å². The Morgan fingerprint density at radius 1 is 1.47 bits per heavy atom. The van der Waals surface area contributed by atoms with Gasteiger partial charge in [0.25, 0.3) is 0 Å². The molecule has 0 aliphatic carbocycles. The summed E-state index contributed by atoms with van der Waals surface area (Å²) in [5.74, 6) is -0.327. The van der Waals surface area contributed by atoms with E-state index < -0.39 is 0 Å². The highest BCUT2D eigenvalue weighted by Gasteiger charge is 2.20. The standard InChI is InChI=1S/C12H12BrFN2O/c1-2-16-11(9-4-6-17-12(9)13)8-3-5-15-7-10(8)14/h3-7,11,16H,2H2,1H3. The Bertz CT molecular complexity index is 501. The molecule has 90 valence electrons. The molecule has 1 unspecified atom stereocenters. The molecule has 0 fully saturated rings. The third-order valence-electron chi connectivity index (χ3n) is 2.48. The van der Waals surface area contributed by atoms with Gasteiger partial charge in [0, 0.05) is 17.3 Å². The van der Waals surface area contributed by atoms with Crippen molar-refractivity contribution in [3.63, 3.8) is 0 Å². The molecule has 0 aliphatic heterocycles. The molecule has 1 atom stereocenters. The van der Waals surface area contributed by atoms with Gasteiger partial charge in [-0.1, -0.05) is 6.92 Å². The Kier molecular flexibility index (Phi) is 3.91. The average Bonchev–Trinajstić information content (AvgIpc) is 2.74. The number of rotatable bonds is 4. The van der Waals surface area contributed by atoms with Crippen molar-refractivity contribution in [1.82, 2.24) is 10.3 Å². The molecule has 0 spiro atoms. The first-order valence-electron chi connectivity index (χ1n) is 5.29. The summed E-state index contributed by atoms with van der Waals surface area (Å²) in [6, 6.07) is 3.25. The minimum Gasteiger partial charge on any atom is -0.457 e. The van der Waals surface area contributed by atoms with Crippen LogP contribution in [0.25, 0.3) is 0 Å². The molecule has 0 aliphatic rings. The molecule has 2 aromatic heterocycles. The van der Waals surface area contributed by atoms with E-state index in [1.807, 2.05) is 13.0 Å². The number of hydrogen-bond donors (Lipinski definition) is 1. The highest BCUT2D eigenvalue weighted by atomic mass is 79.9. The third-order valence-corrected chi connectivity index (χ3v) is 3.12. The van der Waals surface area contributed by atoms with E-state index in [0.29, 0.717) is 10.2 Å². The molecule has 0 radical (unpaired) electrons. The molecular weight excluding hydrogens is 287 g/mol. The molecule has 3 nitrogen and oxygen atoms in total. The summed E-state index contributed by atoms with van der Waals surface area (Å²) >= 11 is 3.31. The van der Waals surface area contributed by atoms with Gasteiger partial charge in [-0.25, -0.2) is 4.39 Å². The van der Waals surface area contributed by atoms with Crippen molar-refractivity contribution < 1.29 is 8.81 Å². The van der Waals surface area contributed by atoms with Gasteiger partial charge in [-0.2, -0.15) is 0 Å². The van der Waals surface area contributed by atoms with Crippen LogP contribution < -0.4 is 5.32 Å². The molecule has 1 N–H and O–H groups in total. The van der Waals surface area contributed by atoms with Crippen LogP contribution in [0.1, 0.15) is 24.1 Å². The smallest absolute Gasteiger partial charge is 0.174 e. The fraction of sp³-hybridized carbons (Fsp3) is 0.250. The van der Waals surface area contributed by atoms with E-state index in [4.69, 9.17) is 4.42 Å². The number of furan rings is 1. The van der Waals surface area contributed by atoms with Crippen molar-refractivity contribution in [3.05, 3.63) is 52.4 Å². The lowest BCUT2D eigenvalue weighted by atomic mass is 10.0. The minimum atomic E-state index is -0.327. The molecule has 0 saturated heterocycles. The second-order valence-electron chi connectivity index (χ2n) is 3.54. The first-order chi connectivity index (χ1) is 8.24. The van der Waals surface area contributed by atoms with E-state index in [0.717, 1.165) is 12.1 Å². The zero-order valence-electron chi connectivity index (χ0n) is 9.28. The number of hydrogen-bond acceptors (Lipinski definition) is 3. The molecule has 2 rings (SSSR count). The number of nitrogens with zero attached hydrogens (tertiary/aromatic N) is 1. The second-order valence-corrected chi connectivity index (χ2v) is 4.26. The SMILES string of the molecule is CCNC(c1ccncc1F)c1ccoc1Br. The van der Waals surface area contributed by atoms with Crippen molar-refractivity contribution in [1.29, 1.82) is 0 Å². The summed E-state index contributed by atoms with van der Waals surface area (Å²) in [5, 5.41) is 3.23. The van der Waals surface area contributed by atoms with Gasteiger partial charge in [0.1, 0.15) is 5.82 Å². The van der Waals surface area contributed by atoms with Crippen LogP contribution in [-0.2, 0) is 0 Å². The van der Waals surface area contributed by atoms with E-state index in [1.165, 1.54) is 6.20 Å². The van der Waals surface area contributed by atoms with Crippen LogP contribution in [0.5, 0.6) is 0 Å². The van der Waals surface area contributed by atoms with Crippen LogP contribution in [0.15, 0.2) is 39.9 Å². The quantitative estimate of drug-likeness (QED) is 0.941. The van der Waals surface area contributed by atoms with Gasteiger partial charge in [-0.05, 0) is 34.6 Å². The van der Waals surface area contributed by atoms with Gasteiger partial charge >= 0.3 is 0 Å². The second kappa shape index (κ2) is 5.42. The maximum absolute atomic E-state index is 13.7. The van der Waals surface area contributed by atoms with Gasteiger partial charge in [0.15, 0.2) is 4.67 Å². The number of halogens is 2. The number of pyridine rings is 1. The molecular formula is C12H12BrFN2O. The zero-order valence-corrected chi connectivity index (χ0v) is 10.9. The Morgan fingerprint density at radius 3 is 2.88 bits per heavy atom. The Hall–Kier alpha value is -1.20. The molecule has 0 aromatic carbocycles. The highest BCUT2D eigenvalue weighted by molar-refractivity contribution is 9.10. The maximum Gasteiger partial charge on any atom is 0.174 e. The van der Waals surface area contributed by atoms with Crippen LogP contribution in [0.2, 0.25) is 0 Å². The third kappa shape index (κ3) is 2.56. The summed E-state index contributed by atoms with van der Waals surface area (Å²) in [6.45, 7) is 2.70. The lowest BCUT2D eigenvalue weighted by molar-refractivity contribution is 0.517. The maximum atomic E-state index is 13.7. The van der Waals surface area contributed by atoms with Crippen molar-refractivity contribution in [2.75, 3.05) is 6.54 Å². The van der Waals surface area contributed by atoms with Crippen LogP contribution in [0.4, 0.5) is 4.39 Å². The molecule has 0 amide bonds. The van der Waals surface area contributed by atoms with E-state index >= 15 is 0 Å². The Labute approximate surface area is 107 Å². The summed E-state index contributed by atoms with van der Waals surface area (Å²) in [4.78, 5) is 3.75.